The van der Waals surface area contributed by atoms with Gasteiger partial charge in [-0.3, -0.25) is 9.89 Å². The van der Waals surface area contributed by atoms with E-state index in [0.717, 1.165) is 41.8 Å². The largest absolute Gasteiger partial charge is 0.492 e. The van der Waals surface area contributed by atoms with Gasteiger partial charge in [0.25, 0.3) is 0 Å². The molecule has 8 nitrogen and oxygen atoms in total. The number of hydrogen-bond donors (Lipinski definition) is 1. The van der Waals surface area contributed by atoms with Gasteiger partial charge in [0.05, 0.1) is 31.0 Å². The number of rotatable bonds is 10. The van der Waals surface area contributed by atoms with Gasteiger partial charge in [-0.2, -0.15) is 10.2 Å². The van der Waals surface area contributed by atoms with Gasteiger partial charge in [0.1, 0.15) is 11.5 Å². The van der Waals surface area contributed by atoms with Crippen LogP contribution in [0, 0.1) is 5.41 Å². The number of methoxy groups -OCH3 is 1. The van der Waals surface area contributed by atoms with Crippen LogP contribution in [0.5, 0.6) is 0 Å². The summed E-state index contributed by atoms with van der Waals surface area (Å²) in [5, 5.41) is 16.7. The van der Waals surface area contributed by atoms with Crippen LogP contribution in [-0.2, 0) is 24.1 Å². The van der Waals surface area contributed by atoms with Crippen LogP contribution >= 0.6 is 0 Å². The van der Waals surface area contributed by atoms with E-state index < -0.39 is 8.32 Å². The van der Waals surface area contributed by atoms with E-state index in [-0.39, 0.29) is 27.8 Å². The lowest BCUT2D eigenvalue weighted by molar-refractivity contribution is -0.198. The second-order valence-electron chi connectivity index (χ2n) is 12.1. The molecule has 2 aromatic rings. The van der Waals surface area contributed by atoms with Crippen LogP contribution < -0.4 is 0 Å². The standard InChI is InChI=1S/C27H40N4O4Si/c1-10-34-18(3)23-22(17(2)13-35-36(8,9)25(4,5)6)19(12-28-31-23)20-11-21(30-29-20)26-14-27(15-26,16-26)24(32)33-7/h11-12,17H,3,10,13-16H2,1-2,4-9H3,(H,29,30). The van der Waals surface area contributed by atoms with Crippen molar-refractivity contribution >= 4 is 20.0 Å². The molecular formula is C27H40N4O4Si. The first-order chi connectivity index (χ1) is 16.8. The Morgan fingerprint density at radius 2 is 1.94 bits per heavy atom. The number of ether oxygens (including phenoxy) is 2. The lowest BCUT2D eigenvalue weighted by atomic mass is 9.34. The van der Waals surface area contributed by atoms with Gasteiger partial charge >= 0.3 is 5.97 Å². The van der Waals surface area contributed by atoms with Gasteiger partial charge in [-0.15, -0.1) is 5.10 Å². The van der Waals surface area contributed by atoms with Gasteiger partial charge in [-0.05, 0) is 55.9 Å². The van der Waals surface area contributed by atoms with Crippen molar-refractivity contribution in [2.24, 2.45) is 5.41 Å². The Bertz CT molecular complexity index is 1150. The highest BCUT2D eigenvalue weighted by atomic mass is 28.4. The lowest BCUT2D eigenvalue weighted by Gasteiger charge is -2.68. The van der Waals surface area contributed by atoms with Gasteiger partial charge in [0, 0.05) is 29.2 Å². The molecule has 1 atom stereocenters. The Morgan fingerprint density at radius 1 is 1.28 bits per heavy atom. The van der Waals surface area contributed by atoms with Crippen molar-refractivity contribution < 1.29 is 18.7 Å². The summed E-state index contributed by atoms with van der Waals surface area (Å²) in [6, 6.07) is 2.09. The van der Waals surface area contributed by atoms with Crippen LogP contribution in [0.2, 0.25) is 18.1 Å². The number of nitrogens with zero attached hydrogens (tertiary/aromatic N) is 3. The lowest BCUT2D eigenvalue weighted by Crippen LogP contribution is -2.68. The number of aromatic amines is 1. The third-order valence-corrected chi connectivity index (χ3v) is 13.0. The quantitative estimate of drug-likeness (QED) is 0.251. The molecule has 36 heavy (non-hydrogen) atoms. The van der Waals surface area contributed by atoms with Gasteiger partial charge in [0.15, 0.2) is 8.32 Å². The minimum Gasteiger partial charge on any atom is -0.492 e. The number of H-pyrrole nitrogens is 1. The van der Waals surface area contributed by atoms with Crippen molar-refractivity contribution in [3.05, 3.63) is 35.8 Å². The van der Waals surface area contributed by atoms with Gasteiger partial charge in [-0.1, -0.05) is 34.3 Å². The molecule has 3 fully saturated rings. The van der Waals surface area contributed by atoms with Crippen molar-refractivity contribution in [2.45, 2.75) is 83.3 Å². The third kappa shape index (κ3) is 4.30. The fraction of sp³-hybridized carbons (Fsp3) is 0.630. The zero-order valence-electron chi connectivity index (χ0n) is 22.9. The van der Waals surface area contributed by atoms with Crippen LogP contribution in [-0.4, -0.2) is 55.0 Å². The molecule has 0 aromatic carbocycles. The predicted molar refractivity (Wildman–Crippen MR) is 142 cm³/mol. The van der Waals surface area contributed by atoms with E-state index in [0.29, 0.717) is 24.7 Å². The fourth-order valence-corrected chi connectivity index (χ4v) is 6.52. The predicted octanol–water partition coefficient (Wildman–Crippen LogP) is 5.59. The molecule has 5 rings (SSSR count). The van der Waals surface area contributed by atoms with E-state index >= 15 is 0 Å². The van der Waals surface area contributed by atoms with E-state index in [1.807, 2.05) is 6.92 Å². The zero-order valence-corrected chi connectivity index (χ0v) is 23.9. The van der Waals surface area contributed by atoms with Crippen molar-refractivity contribution in [3.63, 3.8) is 0 Å². The highest BCUT2D eigenvalue weighted by Gasteiger charge is 2.73. The summed E-state index contributed by atoms with van der Waals surface area (Å²) in [5.41, 5.74) is 4.04. The Hall–Kier alpha value is -2.52. The Morgan fingerprint density at radius 3 is 2.53 bits per heavy atom. The van der Waals surface area contributed by atoms with Crippen molar-refractivity contribution in [1.82, 2.24) is 20.4 Å². The molecule has 1 unspecified atom stereocenters. The molecule has 0 radical (unpaired) electrons. The minimum atomic E-state index is -1.94. The Balaban J connectivity index is 1.64. The Kier molecular flexibility index (Phi) is 6.71. The number of esters is 1. The van der Waals surface area contributed by atoms with Crippen molar-refractivity contribution in [1.29, 1.82) is 0 Å². The average Bonchev–Trinajstić information content (AvgIpc) is 3.24. The molecule has 9 heteroatoms. The summed E-state index contributed by atoms with van der Waals surface area (Å²) in [4.78, 5) is 12.1. The summed E-state index contributed by atoms with van der Waals surface area (Å²) >= 11 is 0. The van der Waals surface area contributed by atoms with Gasteiger partial charge in [0.2, 0.25) is 0 Å². The summed E-state index contributed by atoms with van der Waals surface area (Å²) in [7, 11) is -0.475. The monoisotopic (exact) mass is 512 g/mol. The normalized spacial score (nSPS) is 23.9. The maximum absolute atomic E-state index is 12.1. The summed E-state index contributed by atoms with van der Waals surface area (Å²) < 4.78 is 17.3. The smallest absolute Gasteiger partial charge is 0.311 e. The number of aromatic nitrogens is 4. The highest BCUT2D eigenvalue weighted by Crippen LogP contribution is 2.73. The van der Waals surface area contributed by atoms with Crippen LogP contribution in [0.4, 0.5) is 0 Å². The molecule has 2 bridgehead atoms. The molecule has 0 saturated heterocycles. The topological polar surface area (TPSA) is 99.2 Å². The van der Waals surface area contributed by atoms with E-state index in [1.165, 1.54) is 7.11 Å². The number of carbonyl (C=O) groups excluding carboxylic acids is 1. The van der Waals surface area contributed by atoms with Crippen LogP contribution in [0.25, 0.3) is 17.0 Å². The molecule has 2 heterocycles. The second-order valence-corrected chi connectivity index (χ2v) is 16.9. The molecule has 0 amide bonds. The van der Waals surface area contributed by atoms with E-state index in [1.54, 1.807) is 6.20 Å². The molecule has 3 aliphatic rings. The maximum Gasteiger partial charge on any atom is 0.311 e. The number of hydrogen-bond acceptors (Lipinski definition) is 7. The Labute approximate surface area is 215 Å². The molecule has 0 aliphatic heterocycles. The molecule has 3 aliphatic carbocycles. The van der Waals surface area contributed by atoms with E-state index in [4.69, 9.17) is 13.9 Å². The first kappa shape index (κ1) is 26.5. The fourth-order valence-electron chi connectivity index (χ4n) is 5.42. The van der Waals surface area contributed by atoms with Crippen LogP contribution in [0.1, 0.15) is 76.8 Å². The van der Waals surface area contributed by atoms with Crippen LogP contribution in [0.3, 0.4) is 0 Å². The van der Waals surface area contributed by atoms with Gasteiger partial charge < -0.3 is 13.9 Å². The van der Waals surface area contributed by atoms with Crippen molar-refractivity contribution in [3.8, 4) is 11.3 Å². The third-order valence-electron chi connectivity index (χ3n) is 8.54. The average molecular weight is 513 g/mol. The molecule has 3 saturated carbocycles. The summed E-state index contributed by atoms with van der Waals surface area (Å²) in [6.07, 6.45) is 4.18. The highest BCUT2D eigenvalue weighted by molar-refractivity contribution is 6.74. The minimum absolute atomic E-state index is 0.0190. The van der Waals surface area contributed by atoms with Crippen LogP contribution in [0.15, 0.2) is 18.8 Å². The van der Waals surface area contributed by atoms with Crippen molar-refractivity contribution in [2.75, 3.05) is 20.3 Å². The zero-order chi connectivity index (χ0) is 26.5. The molecular weight excluding hydrogens is 472 g/mol. The molecule has 1 N–H and O–H groups in total. The summed E-state index contributed by atoms with van der Waals surface area (Å²) in [6.45, 7) is 20.5. The first-order valence-corrected chi connectivity index (χ1v) is 15.7. The first-order valence-electron chi connectivity index (χ1n) is 12.8. The molecule has 196 valence electrons. The number of nitrogens with one attached hydrogen (secondary N) is 1. The number of carbonyl (C=O) groups is 1. The SMILES string of the molecule is C=C(OCC)c1nncc(-c2cc(C34CC(C(=O)OC)(C3)C4)[nH]n2)c1C(C)CO[Si](C)(C)C(C)(C)C. The van der Waals surface area contributed by atoms with E-state index in [9.17, 15) is 4.79 Å². The van der Waals surface area contributed by atoms with E-state index in [2.05, 4.69) is 73.8 Å². The molecule has 2 aromatic heterocycles. The second kappa shape index (κ2) is 9.10. The van der Waals surface area contributed by atoms with Gasteiger partial charge in [-0.25, -0.2) is 0 Å². The summed E-state index contributed by atoms with van der Waals surface area (Å²) in [5.74, 6) is 0.421. The maximum atomic E-state index is 12.1. The molecule has 0 spiro atoms.